The highest BCUT2D eigenvalue weighted by molar-refractivity contribution is 5.98. The Labute approximate surface area is 178 Å². The predicted octanol–water partition coefficient (Wildman–Crippen LogP) is 1.37. The first-order valence-electron chi connectivity index (χ1n) is 10.4. The van der Waals surface area contributed by atoms with Crippen molar-refractivity contribution in [3.8, 4) is 11.6 Å². The summed E-state index contributed by atoms with van der Waals surface area (Å²) in [5.74, 6) is 0.873. The van der Waals surface area contributed by atoms with Crippen LogP contribution in [0, 0.1) is 11.8 Å². The Hall–Kier alpha value is -3.43. The summed E-state index contributed by atoms with van der Waals surface area (Å²) in [6.07, 6.45) is 7.15. The van der Waals surface area contributed by atoms with Crippen LogP contribution < -0.4 is 19.3 Å². The van der Waals surface area contributed by atoms with E-state index < -0.39 is 12.1 Å². The normalized spacial score (nSPS) is 21.2. The van der Waals surface area contributed by atoms with Gasteiger partial charge in [-0.25, -0.2) is 15.0 Å². The Kier molecular flexibility index (Phi) is 5.05. The van der Waals surface area contributed by atoms with Gasteiger partial charge in [-0.2, -0.15) is 0 Å². The molecule has 1 amide bonds. The maximum Gasteiger partial charge on any atom is 0.310 e. The highest BCUT2D eigenvalue weighted by atomic mass is 16.5. The maximum atomic E-state index is 12.8. The zero-order valence-corrected chi connectivity index (χ0v) is 16.9. The molecular weight excluding hydrogens is 402 g/mol. The van der Waals surface area contributed by atoms with Gasteiger partial charge in [0.25, 0.3) is 5.91 Å². The zero-order valence-electron chi connectivity index (χ0n) is 16.9. The highest BCUT2D eigenvalue weighted by Gasteiger charge is 2.36. The van der Waals surface area contributed by atoms with Crippen LogP contribution in [0.5, 0.6) is 11.6 Å². The Bertz CT molecular complexity index is 957. The Morgan fingerprint density at radius 2 is 1.87 bits per heavy atom. The monoisotopic (exact) mass is 425 g/mol. The first-order valence-corrected chi connectivity index (χ1v) is 10.4. The van der Waals surface area contributed by atoms with Crippen LogP contribution in [0.3, 0.4) is 0 Å². The first kappa shape index (κ1) is 19.5. The van der Waals surface area contributed by atoms with Crippen LogP contribution in [0.25, 0.3) is 0 Å². The van der Waals surface area contributed by atoms with Gasteiger partial charge in [-0.3, -0.25) is 9.59 Å². The summed E-state index contributed by atoms with van der Waals surface area (Å²) in [5.41, 5.74) is 0.595. The number of aliphatic carboxylic acids is 1. The van der Waals surface area contributed by atoms with Crippen molar-refractivity contribution < 1.29 is 24.2 Å². The summed E-state index contributed by atoms with van der Waals surface area (Å²) in [4.78, 5) is 39.9. The molecule has 4 heterocycles. The molecule has 1 atom stereocenters. The Morgan fingerprint density at radius 1 is 1.10 bits per heavy atom. The fourth-order valence-electron chi connectivity index (χ4n) is 3.61. The fraction of sp³-hybridized carbons (Fsp3) is 0.476. The van der Waals surface area contributed by atoms with E-state index in [2.05, 4.69) is 15.0 Å². The topological polar surface area (TPSA) is 118 Å². The second-order valence-corrected chi connectivity index (χ2v) is 8.15. The predicted molar refractivity (Wildman–Crippen MR) is 109 cm³/mol. The Morgan fingerprint density at radius 3 is 2.52 bits per heavy atom. The molecule has 0 aromatic carbocycles. The molecular formula is C21H23N5O5. The number of amides is 1. The van der Waals surface area contributed by atoms with Gasteiger partial charge in [-0.05, 0) is 24.8 Å². The summed E-state index contributed by atoms with van der Waals surface area (Å²) < 4.78 is 11.5. The van der Waals surface area contributed by atoms with Gasteiger partial charge < -0.3 is 24.4 Å². The number of hydrogen-bond acceptors (Lipinski definition) is 8. The number of carboxylic acid groups (broad SMARTS) is 1. The summed E-state index contributed by atoms with van der Waals surface area (Å²) in [6, 6.07) is 3.52. The van der Waals surface area contributed by atoms with Crippen molar-refractivity contribution in [2.45, 2.75) is 25.4 Å². The van der Waals surface area contributed by atoms with Gasteiger partial charge in [0, 0.05) is 32.1 Å². The average Bonchev–Trinajstić information content (AvgIpc) is 3.50. The molecule has 1 saturated carbocycles. The van der Waals surface area contributed by atoms with Crippen molar-refractivity contribution in [2.75, 3.05) is 36.0 Å². The molecule has 0 bridgehead atoms. The van der Waals surface area contributed by atoms with Crippen LogP contribution in [-0.4, -0.2) is 64.3 Å². The first-order chi connectivity index (χ1) is 15.1. The third-order valence-corrected chi connectivity index (χ3v) is 5.76. The van der Waals surface area contributed by atoms with Crippen molar-refractivity contribution in [1.82, 2.24) is 15.0 Å². The summed E-state index contributed by atoms with van der Waals surface area (Å²) in [7, 11) is 0. The lowest BCUT2D eigenvalue weighted by Crippen LogP contribution is -2.51. The molecule has 3 fully saturated rings. The Balaban J connectivity index is 1.15. The van der Waals surface area contributed by atoms with Crippen LogP contribution in [0.15, 0.2) is 30.7 Å². The number of carboxylic acids is 1. The van der Waals surface area contributed by atoms with E-state index in [0.29, 0.717) is 61.8 Å². The summed E-state index contributed by atoms with van der Waals surface area (Å²) >= 11 is 0. The molecule has 2 aliphatic heterocycles. The third kappa shape index (κ3) is 4.23. The van der Waals surface area contributed by atoms with E-state index in [9.17, 15) is 9.59 Å². The van der Waals surface area contributed by atoms with Gasteiger partial charge in [0.15, 0.2) is 6.10 Å². The highest BCUT2D eigenvalue weighted by Crippen LogP contribution is 2.30. The van der Waals surface area contributed by atoms with Gasteiger partial charge in [-0.1, -0.05) is 0 Å². The maximum absolute atomic E-state index is 12.8. The SMILES string of the molecule is O=C(O)C1CN(c2ncc(N3CC[C@@H](Oc4ccc(OCC5CC5)nc4)C3=O)cn2)C1. The van der Waals surface area contributed by atoms with E-state index in [1.807, 2.05) is 0 Å². The molecule has 2 aromatic heterocycles. The number of pyridine rings is 1. The quantitative estimate of drug-likeness (QED) is 0.669. The number of aromatic nitrogens is 3. The van der Waals surface area contributed by atoms with Crippen molar-refractivity contribution >= 4 is 23.5 Å². The minimum atomic E-state index is -0.808. The molecule has 0 radical (unpaired) electrons. The molecule has 0 unspecified atom stereocenters. The fourth-order valence-corrected chi connectivity index (χ4v) is 3.61. The van der Waals surface area contributed by atoms with Gasteiger partial charge in [0.05, 0.1) is 36.8 Å². The van der Waals surface area contributed by atoms with Gasteiger partial charge in [-0.15, -0.1) is 0 Å². The molecule has 2 saturated heterocycles. The molecule has 162 valence electrons. The lowest BCUT2D eigenvalue weighted by molar-refractivity contribution is -0.142. The van der Waals surface area contributed by atoms with Gasteiger partial charge in [0.2, 0.25) is 11.8 Å². The van der Waals surface area contributed by atoms with Crippen LogP contribution in [0.2, 0.25) is 0 Å². The van der Waals surface area contributed by atoms with Gasteiger partial charge >= 0.3 is 5.97 Å². The molecule has 31 heavy (non-hydrogen) atoms. The third-order valence-electron chi connectivity index (χ3n) is 5.76. The van der Waals surface area contributed by atoms with E-state index in [1.165, 1.54) is 12.8 Å². The second kappa shape index (κ2) is 8.01. The standard InChI is InChI=1S/C21H23N5O5/c27-19-17(31-16-3-4-18(22-9-16)30-12-13-1-2-13)5-6-26(19)15-7-23-21(24-8-15)25-10-14(11-25)20(28)29/h3-4,7-9,13-14,17H,1-2,5-6,10-12H2,(H,28,29)/t17-/m1/s1. The number of carbonyl (C=O) groups is 2. The number of anilines is 2. The molecule has 1 N–H and O–H groups in total. The number of ether oxygens (including phenoxy) is 2. The van der Waals surface area contributed by atoms with Gasteiger partial charge in [0.1, 0.15) is 5.75 Å². The van der Waals surface area contributed by atoms with Crippen LogP contribution >= 0.6 is 0 Å². The number of nitrogens with zero attached hydrogens (tertiary/aromatic N) is 5. The summed E-state index contributed by atoms with van der Waals surface area (Å²) in [5, 5.41) is 8.97. The van der Waals surface area contributed by atoms with E-state index in [0.717, 1.165) is 0 Å². The summed E-state index contributed by atoms with van der Waals surface area (Å²) in [6.45, 7) is 1.99. The van der Waals surface area contributed by atoms with E-state index in [4.69, 9.17) is 14.6 Å². The molecule has 5 rings (SSSR count). The van der Waals surface area contributed by atoms with Crippen molar-refractivity contribution in [1.29, 1.82) is 0 Å². The number of rotatable bonds is 8. The second-order valence-electron chi connectivity index (χ2n) is 8.15. The number of carbonyl (C=O) groups excluding carboxylic acids is 1. The lowest BCUT2D eigenvalue weighted by Gasteiger charge is -2.36. The van der Waals surface area contributed by atoms with Crippen molar-refractivity contribution in [3.63, 3.8) is 0 Å². The van der Waals surface area contributed by atoms with Crippen molar-refractivity contribution in [3.05, 3.63) is 30.7 Å². The van der Waals surface area contributed by atoms with Crippen LogP contribution in [0.4, 0.5) is 11.6 Å². The number of hydrogen-bond donors (Lipinski definition) is 1. The van der Waals surface area contributed by atoms with E-state index >= 15 is 0 Å². The minimum absolute atomic E-state index is 0.152. The molecule has 0 spiro atoms. The average molecular weight is 425 g/mol. The minimum Gasteiger partial charge on any atom is -0.481 e. The smallest absolute Gasteiger partial charge is 0.310 e. The molecule has 10 heteroatoms. The molecule has 2 aromatic rings. The largest absolute Gasteiger partial charge is 0.481 e. The molecule has 1 aliphatic carbocycles. The van der Waals surface area contributed by atoms with Crippen LogP contribution in [0.1, 0.15) is 19.3 Å². The lowest BCUT2D eigenvalue weighted by atomic mass is 10.0. The zero-order chi connectivity index (χ0) is 21.4. The van der Waals surface area contributed by atoms with E-state index in [1.54, 1.807) is 40.5 Å². The van der Waals surface area contributed by atoms with Crippen molar-refractivity contribution in [2.24, 2.45) is 11.8 Å². The van der Waals surface area contributed by atoms with E-state index in [-0.39, 0.29) is 11.8 Å². The molecule has 3 aliphatic rings. The van der Waals surface area contributed by atoms with Crippen LogP contribution in [-0.2, 0) is 9.59 Å². The molecule has 10 nitrogen and oxygen atoms in total.